The number of urea groups is 1. The number of rotatable bonds is 6. The van der Waals surface area contributed by atoms with E-state index in [1.54, 1.807) is 16.9 Å². The second-order valence-electron chi connectivity index (χ2n) is 7.71. The highest BCUT2D eigenvalue weighted by Crippen LogP contribution is 2.26. The summed E-state index contributed by atoms with van der Waals surface area (Å²) in [5, 5.41) is 9.68. The minimum absolute atomic E-state index is 0.0376. The third kappa shape index (κ3) is 4.71. The van der Waals surface area contributed by atoms with Crippen molar-refractivity contribution in [3.8, 4) is 11.3 Å². The van der Waals surface area contributed by atoms with E-state index in [0.29, 0.717) is 16.7 Å². The lowest BCUT2D eigenvalue weighted by Gasteiger charge is -2.11. The zero-order valence-electron chi connectivity index (χ0n) is 17.3. The van der Waals surface area contributed by atoms with Crippen LogP contribution in [0.1, 0.15) is 43.1 Å². The van der Waals surface area contributed by atoms with Crippen LogP contribution in [0.4, 0.5) is 4.79 Å². The minimum atomic E-state index is -0.696. The second kappa shape index (κ2) is 8.55. The molecular formula is C22H23N5O4. The van der Waals surface area contributed by atoms with Gasteiger partial charge in [-0.2, -0.15) is 5.10 Å². The molecule has 1 fully saturated rings. The van der Waals surface area contributed by atoms with E-state index < -0.39 is 24.5 Å². The summed E-state index contributed by atoms with van der Waals surface area (Å²) in [5.41, 5.74) is 2.24. The van der Waals surface area contributed by atoms with Gasteiger partial charge in [-0.1, -0.05) is 30.3 Å². The number of nitrogens with zero attached hydrogens (tertiary/aromatic N) is 3. The first-order valence-electron chi connectivity index (χ1n) is 10.1. The fraction of sp³-hybridized carbons (Fsp3) is 0.318. The third-order valence-corrected chi connectivity index (χ3v) is 4.85. The standard InChI is InChI=1S/C22H23N5O4/c1-13(2)27-20-17(11-23-27)16(10-18(25-20)14-6-4-3-5-7-14)21(29)31-12-19(28)26-22(30)24-15-8-9-15/h3-7,10-11,13,15H,8-9,12H2,1-2H3,(H2,24,26,28,30). The van der Waals surface area contributed by atoms with Crippen molar-refractivity contribution < 1.29 is 19.1 Å². The van der Waals surface area contributed by atoms with Crippen molar-refractivity contribution in [2.45, 2.75) is 38.8 Å². The molecule has 2 N–H and O–H groups in total. The maximum Gasteiger partial charge on any atom is 0.339 e. The van der Waals surface area contributed by atoms with E-state index in [-0.39, 0.29) is 17.6 Å². The smallest absolute Gasteiger partial charge is 0.339 e. The molecule has 0 unspecified atom stereocenters. The van der Waals surface area contributed by atoms with Crippen LogP contribution in [0.25, 0.3) is 22.3 Å². The summed E-state index contributed by atoms with van der Waals surface area (Å²) < 4.78 is 6.91. The number of nitrogens with one attached hydrogen (secondary N) is 2. The Bertz CT molecular complexity index is 1140. The van der Waals surface area contributed by atoms with Crippen molar-refractivity contribution in [1.29, 1.82) is 0 Å². The highest BCUT2D eigenvalue weighted by molar-refractivity contribution is 6.04. The summed E-state index contributed by atoms with van der Waals surface area (Å²) >= 11 is 0. The van der Waals surface area contributed by atoms with Gasteiger partial charge in [0.15, 0.2) is 12.3 Å². The Morgan fingerprint density at radius 3 is 2.61 bits per heavy atom. The van der Waals surface area contributed by atoms with Gasteiger partial charge in [-0.15, -0.1) is 0 Å². The number of aromatic nitrogens is 3. The van der Waals surface area contributed by atoms with Crippen LogP contribution >= 0.6 is 0 Å². The minimum Gasteiger partial charge on any atom is -0.452 e. The largest absolute Gasteiger partial charge is 0.452 e. The van der Waals surface area contributed by atoms with E-state index >= 15 is 0 Å². The SMILES string of the molecule is CC(C)n1ncc2c(C(=O)OCC(=O)NC(=O)NC3CC3)cc(-c3ccccc3)nc21. The van der Waals surface area contributed by atoms with Gasteiger partial charge < -0.3 is 10.1 Å². The van der Waals surface area contributed by atoms with Gasteiger partial charge in [-0.05, 0) is 32.8 Å². The Kier molecular flexibility index (Phi) is 5.66. The van der Waals surface area contributed by atoms with Crippen LogP contribution in [0.3, 0.4) is 0 Å². The maximum absolute atomic E-state index is 12.8. The molecule has 1 aromatic carbocycles. The number of ether oxygens (including phenoxy) is 1. The number of imide groups is 1. The Hall–Kier alpha value is -3.75. The van der Waals surface area contributed by atoms with Gasteiger partial charge in [-0.25, -0.2) is 19.3 Å². The van der Waals surface area contributed by atoms with E-state index in [2.05, 4.69) is 15.7 Å². The molecule has 0 spiro atoms. The summed E-state index contributed by atoms with van der Waals surface area (Å²) in [6.07, 6.45) is 3.38. The molecule has 0 bridgehead atoms. The van der Waals surface area contributed by atoms with Crippen LogP contribution in [-0.4, -0.2) is 45.3 Å². The molecular weight excluding hydrogens is 398 g/mol. The summed E-state index contributed by atoms with van der Waals surface area (Å²) in [5.74, 6) is -1.39. The van der Waals surface area contributed by atoms with Crippen LogP contribution in [0.15, 0.2) is 42.6 Å². The van der Waals surface area contributed by atoms with Gasteiger partial charge in [0.25, 0.3) is 5.91 Å². The average molecular weight is 421 g/mol. The number of hydrogen-bond acceptors (Lipinski definition) is 6. The van der Waals surface area contributed by atoms with Crippen LogP contribution in [-0.2, 0) is 9.53 Å². The number of carbonyl (C=O) groups is 3. The van der Waals surface area contributed by atoms with Crippen molar-refractivity contribution in [2.24, 2.45) is 0 Å². The molecule has 2 aromatic heterocycles. The highest BCUT2D eigenvalue weighted by Gasteiger charge is 2.24. The molecule has 1 aliphatic carbocycles. The van der Waals surface area contributed by atoms with Gasteiger partial charge >= 0.3 is 12.0 Å². The van der Waals surface area contributed by atoms with E-state index in [1.807, 2.05) is 44.2 Å². The Morgan fingerprint density at radius 2 is 1.94 bits per heavy atom. The summed E-state index contributed by atoms with van der Waals surface area (Å²) in [4.78, 5) is 41.1. The molecule has 31 heavy (non-hydrogen) atoms. The topological polar surface area (TPSA) is 115 Å². The van der Waals surface area contributed by atoms with Gasteiger partial charge in [0.05, 0.1) is 22.8 Å². The quantitative estimate of drug-likeness (QED) is 0.592. The number of pyridine rings is 1. The predicted octanol–water partition coefficient (Wildman–Crippen LogP) is 2.82. The Labute approximate surface area is 178 Å². The van der Waals surface area contributed by atoms with Gasteiger partial charge in [-0.3, -0.25) is 10.1 Å². The number of esters is 1. The van der Waals surface area contributed by atoms with Crippen molar-refractivity contribution in [1.82, 2.24) is 25.4 Å². The van der Waals surface area contributed by atoms with Crippen LogP contribution in [0.2, 0.25) is 0 Å². The molecule has 0 atom stereocenters. The molecule has 0 aliphatic heterocycles. The molecule has 1 saturated carbocycles. The molecule has 9 nitrogen and oxygen atoms in total. The van der Waals surface area contributed by atoms with Crippen molar-refractivity contribution >= 4 is 28.9 Å². The molecule has 1 aliphatic rings. The second-order valence-corrected chi connectivity index (χ2v) is 7.71. The van der Waals surface area contributed by atoms with Crippen LogP contribution < -0.4 is 10.6 Å². The van der Waals surface area contributed by atoms with Crippen LogP contribution in [0, 0.1) is 0 Å². The number of benzene rings is 1. The first-order valence-corrected chi connectivity index (χ1v) is 10.1. The normalized spacial score (nSPS) is 13.3. The van der Waals surface area contributed by atoms with Crippen molar-refractivity contribution in [2.75, 3.05) is 6.61 Å². The van der Waals surface area contributed by atoms with E-state index in [9.17, 15) is 14.4 Å². The van der Waals surface area contributed by atoms with Gasteiger partial charge in [0, 0.05) is 17.6 Å². The first-order chi connectivity index (χ1) is 14.9. The molecule has 3 amide bonds. The van der Waals surface area contributed by atoms with E-state index in [1.165, 1.54) is 0 Å². The molecule has 0 radical (unpaired) electrons. The number of hydrogen-bond donors (Lipinski definition) is 2. The van der Waals surface area contributed by atoms with Crippen molar-refractivity contribution in [3.05, 3.63) is 48.2 Å². The fourth-order valence-corrected chi connectivity index (χ4v) is 3.14. The molecule has 4 rings (SSSR count). The maximum atomic E-state index is 12.8. The lowest BCUT2D eigenvalue weighted by Crippen LogP contribution is -2.42. The molecule has 2 heterocycles. The van der Waals surface area contributed by atoms with Crippen LogP contribution in [0.5, 0.6) is 0 Å². The number of fused-ring (bicyclic) bond motifs is 1. The van der Waals surface area contributed by atoms with Gasteiger partial charge in [0.1, 0.15) is 0 Å². The highest BCUT2D eigenvalue weighted by atomic mass is 16.5. The van der Waals surface area contributed by atoms with Crippen molar-refractivity contribution in [3.63, 3.8) is 0 Å². The predicted molar refractivity (Wildman–Crippen MR) is 113 cm³/mol. The first kappa shape index (κ1) is 20.5. The summed E-state index contributed by atoms with van der Waals surface area (Å²) in [6, 6.07) is 10.7. The molecule has 160 valence electrons. The Balaban J connectivity index is 1.57. The third-order valence-electron chi connectivity index (χ3n) is 4.85. The zero-order chi connectivity index (χ0) is 22.0. The molecule has 0 saturated heterocycles. The van der Waals surface area contributed by atoms with Gasteiger partial charge in [0.2, 0.25) is 0 Å². The molecule has 3 aromatic rings. The fourth-order valence-electron chi connectivity index (χ4n) is 3.14. The lowest BCUT2D eigenvalue weighted by molar-refractivity contribution is -0.123. The molecule has 9 heteroatoms. The number of carbonyl (C=O) groups excluding carboxylic acids is 3. The monoisotopic (exact) mass is 421 g/mol. The van der Waals surface area contributed by atoms with E-state index in [0.717, 1.165) is 18.4 Å². The zero-order valence-corrected chi connectivity index (χ0v) is 17.3. The summed E-state index contributed by atoms with van der Waals surface area (Å²) in [6.45, 7) is 3.37. The lowest BCUT2D eigenvalue weighted by atomic mass is 10.1. The summed E-state index contributed by atoms with van der Waals surface area (Å²) in [7, 11) is 0. The Morgan fingerprint density at radius 1 is 1.19 bits per heavy atom. The average Bonchev–Trinajstić information content (AvgIpc) is 3.45. The van der Waals surface area contributed by atoms with E-state index in [4.69, 9.17) is 9.72 Å². The number of amides is 3.